The number of nitrogens with zero attached hydrogens (tertiary/aromatic N) is 1. The highest BCUT2D eigenvalue weighted by atomic mass is 16.2. The average Bonchev–Trinajstić information content (AvgIpc) is 2.46. The van der Waals surface area contributed by atoms with Crippen molar-refractivity contribution in [2.24, 2.45) is 5.92 Å². The molecule has 2 amide bonds. The first-order chi connectivity index (χ1) is 9.09. The lowest BCUT2D eigenvalue weighted by atomic mass is 9.96. The lowest BCUT2D eigenvalue weighted by Gasteiger charge is -2.31. The normalized spacial score (nSPS) is 20.5. The Morgan fingerprint density at radius 2 is 2.05 bits per heavy atom. The van der Waals surface area contributed by atoms with Crippen LogP contribution >= 0.6 is 0 Å². The number of hydrogen-bond acceptors (Lipinski definition) is 2. The van der Waals surface area contributed by atoms with Gasteiger partial charge in [0.2, 0.25) is 11.8 Å². The molecule has 1 fully saturated rings. The summed E-state index contributed by atoms with van der Waals surface area (Å²) in [6, 6.07) is 10.0. The summed E-state index contributed by atoms with van der Waals surface area (Å²) in [5.74, 6) is 0.0630. The molecule has 2 rings (SSSR count). The van der Waals surface area contributed by atoms with Crippen molar-refractivity contribution in [3.8, 4) is 0 Å². The summed E-state index contributed by atoms with van der Waals surface area (Å²) in [5.41, 5.74) is 1.12. The van der Waals surface area contributed by atoms with Gasteiger partial charge in [0.05, 0.1) is 12.0 Å². The largest absolute Gasteiger partial charge is 0.355 e. The first kappa shape index (κ1) is 13.6. The number of piperidine rings is 1. The predicted molar refractivity (Wildman–Crippen MR) is 73.4 cm³/mol. The van der Waals surface area contributed by atoms with Gasteiger partial charge in [-0.05, 0) is 18.9 Å². The average molecular weight is 260 g/mol. The van der Waals surface area contributed by atoms with Gasteiger partial charge in [-0.3, -0.25) is 9.59 Å². The third kappa shape index (κ3) is 3.13. The van der Waals surface area contributed by atoms with E-state index in [-0.39, 0.29) is 23.8 Å². The van der Waals surface area contributed by atoms with Crippen LogP contribution in [-0.4, -0.2) is 30.3 Å². The van der Waals surface area contributed by atoms with Crippen LogP contribution in [-0.2, 0) is 9.59 Å². The highest BCUT2D eigenvalue weighted by molar-refractivity contribution is 5.83. The maximum absolute atomic E-state index is 12.4. The summed E-state index contributed by atoms with van der Waals surface area (Å²) in [6.07, 6.45) is 1.10. The molecule has 19 heavy (non-hydrogen) atoms. The Kier molecular flexibility index (Phi) is 4.20. The number of benzene rings is 1. The quantitative estimate of drug-likeness (QED) is 0.900. The number of amides is 2. The van der Waals surface area contributed by atoms with Gasteiger partial charge in [-0.15, -0.1) is 0 Å². The van der Waals surface area contributed by atoms with Crippen LogP contribution in [0, 0.1) is 5.92 Å². The second-order valence-corrected chi connectivity index (χ2v) is 5.08. The molecule has 2 unspecified atom stereocenters. The van der Waals surface area contributed by atoms with Crippen LogP contribution in [0.2, 0.25) is 0 Å². The first-order valence-electron chi connectivity index (χ1n) is 6.68. The van der Waals surface area contributed by atoms with Crippen LogP contribution in [0.5, 0.6) is 0 Å². The fraction of sp³-hybridized carbons (Fsp3) is 0.467. The SMILES string of the molecule is CC(c1ccccc1)N(C)C(=O)C1CCC(=O)NC1. The Morgan fingerprint density at radius 1 is 1.37 bits per heavy atom. The molecule has 2 atom stereocenters. The molecular formula is C15H20N2O2. The molecule has 1 saturated heterocycles. The van der Waals surface area contributed by atoms with Gasteiger partial charge in [0.15, 0.2) is 0 Å². The number of hydrogen-bond donors (Lipinski definition) is 1. The van der Waals surface area contributed by atoms with Gasteiger partial charge in [-0.2, -0.15) is 0 Å². The molecule has 0 aliphatic carbocycles. The van der Waals surface area contributed by atoms with E-state index in [0.29, 0.717) is 19.4 Å². The van der Waals surface area contributed by atoms with Gasteiger partial charge in [0.25, 0.3) is 0 Å². The van der Waals surface area contributed by atoms with E-state index in [4.69, 9.17) is 0 Å². The van der Waals surface area contributed by atoms with Crippen molar-refractivity contribution in [3.05, 3.63) is 35.9 Å². The molecular weight excluding hydrogens is 240 g/mol. The van der Waals surface area contributed by atoms with Crippen LogP contribution in [0.15, 0.2) is 30.3 Å². The molecule has 0 radical (unpaired) electrons. The summed E-state index contributed by atoms with van der Waals surface area (Å²) in [4.78, 5) is 25.3. The minimum atomic E-state index is -0.0890. The maximum atomic E-state index is 12.4. The Morgan fingerprint density at radius 3 is 2.63 bits per heavy atom. The number of nitrogens with one attached hydrogen (secondary N) is 1. The Labute approximate surface area is 113 Å². The van der Waals surface area contributed by atoms with Crippen molar-refractivity contribution < 1.29 is 9.59 Å². The minimum Gasteiger partial charge on any atom is -0.355 e. The standard InChI is InChI=1S/C15H20N2O2/c1-11(12-6-4-3-5-7-12)17(2)15(19)13-8-9-14(18)16-10-13/h3-7,11,13H,8-10H2,1-2H3,(H,16,18). The molecule has 1 heterocycles. The Hall–Kier alpha value is -1.84. The molecule has 1 aromatic rings. The smallest absolute Gasteiger partial charge is 0.227 e. The molecule has 4 heteroatoms. The fourth-order valence-electron chi connectivity index (χ4n) is 2.38. The highest BCUT2D eigenvalue weighted by Crippen LogP contribution is 2.22. The molecule has 1 aliphatic rings. The first-order valence-corrected chi connectivity index (χ1v) is 6.68. The zero-order valence-corrected chi connectivity index (χ0v) is 11.4. The summed E-state index contributed by atoms with van der Waals surface area (Å²) in [5, 5.41) is 2.76. The molecule has 1 aliphatic heterocycles. The zero-order chi connectivity index (χ0) is 13.8. The molecule has 0 aromatic heterocycles. The number of rotatable bonds is 3. The van der Waals surface area contributed by atoms with Crippen molar-refractivity contribution >= 4 is 11.8 Å². The maximum Gasteiger partial charge on any atom is 0.227 e. The predicted octanol–water partition coefficient (Wildman–Crippen LogP) is 1.73. The summed E-state index contributed by atoms with van der Waals surface area (Å²) in [7, 11) is 1.83. The van der Waals surface area contributed by atoms with E-state index in [9.17, 15) is 9.59 Å². The minimum absolute atomic E-state index is 0.0443. The third-order valence-corrected chi connectivity index (χ3v) is 3.83. The lowest BCUT2D eigenvalue weighted by molar-refractivity contribution is -0.138. The molecule has 0 spiro atoms. The van der Waals surface area contributed by atoms with Gasteiger partial charge in [-0.1, -0.05) is 30.3 Å². The molecule has 102 valence electrons. The van der Waals surface area contributed by atoms with E-state index in [1.54, 1.807) is 4.90 Å². The monoisotopic (exact) mass is 260 g/mol. The van der Waals surface area contributed by atoms with Crippen molar-refractivity contribution in [1.82, 2.24) is 10.2 Å². The van der Waals surface area contributed by atoms with Crippen molar-refractivity contribution in [1.29, 1.82) is 0 Å². The van der Waals surface area contributed by atoms with Gasteiger partial charge >= 0.3 is 0 Å². The lowest BCUT2D eigenvalue weighted by Crippen LogP contribution is -2.44. The molecule has 4 nitrogen and oxygen atoms in total. The van der Waals surface area contributed by atoms with Crippen molar-refractivity contribution in [2.75, 3.05) is 13.6 Å². The highest BCUT2D eigenvalue weighted by Gasteiger charge is 2.28. The summed E-state index contributed by atoms with van der Waals surface area (Å²) >= 11 is 0. The van der Waals surface area contributed by atoms with E-state index in [0.717, 1.165) is 5.56 Å². The topological polar surface area (TPSA) is 49.4 Å². The molecule has 0 saturated carbocycles. The van der Waals surface area contributed by atoms with Gasteiger partial charge in [-0.25, -0.2) is 0 Å². The van der Waals surface area contributed by atoms with E-state index < -0.39 is 0 Å². The van der Waals surface area contributed by atoms with Crippen LogP contribution in [0.3, 0.4) is 0 Å². The van der Waals surface area contributed by atoms with E-state index in [1.807, 2.05) is 44.3 Å². The van der Waals surface area contributed by atoms with Crippen LogP contribution < -0.4 is 5.32 Å². The Bertz CT molecular complexity index is 448. The van der Waals surface area contributed by atoms with E-state index in [1.165, 1.54) is 0 Å². The summed E-state index contributed by atoms with van der Waals surface area (Å²) < 4.78 is 0. The van der Waals surface area contributed by atoms with E-state index in [2.05, 4.69) is 5.32 Å². The van der Waals surface area contributed by atoms with E-state index >= 15 is 0 Å². The Balaban J connectivity index is 2.01. The number of carbonyl (C=O) groups excluding carboxylic acids is 2. The zero-order valence-electron chi connectivity index (χ0n) is 11.4. The van der Waals surface area contributed by atoms with Crippen molar-refractivity contribution in [2.45, 2.75) is 25.8 Å². The molecule has 1 aromatic carbocycles. The van der Waals surface area contributed by atoms with Crippen LogP contribution in [0.25, 0.3) is 0 Å². The second kappa shape index (κ2) is 5.87. The number of carbonyl (C=O) groups is 2. The van der Waals surface area contributed by atoms with Gasteiger partial charge < -0.3 is 10.2 Å². The summed E-state index contributed by atoms with van der Waals surface area (Å²) in [6.45, 7) is 2.48. The molecule has 1 N–H and O–H groups in total. The van der Waals surface area contributed by atoms with Gasteiger partial charge in [0.1, 0.15) is 0 Å². The van der Waals surface area contributed by atoms with Crippen LogP contribution in [0.4, 0.5) is 0 Å². The van der Waals surface area contributed by atoms with Crippen molar-refractivity contribution in [3.63, 3.8) is 0 Å². The third-order valence-electron chi connectivity index (χ3n) is 3.83. The second-order valence-electron chi connectivity index (χ2n) is 5.08. The fourth-order valence-corrected chi connectivity index (χ4v) is 2.38. The molecule has 0 bridgehead atoms. The van der Waals surface area contributed by atoms with Crippen LogP contribution in [0.1, 0.15) is 31.4 Å². The van der Waals surface area contributed by atoms with Gasteiger partial charge in [0, 0.05) is 20.0 Å².